The molecule has 0 unspecified atom stereocenters. The summed E-state index contributed by atoms with van der Waals surface area (Å²) in [5, 5.41) is 9.10. The number of nitrogens with one attached hydrogen (secondary N) is 2. The fraction of sp³-hybridized carbons (Fsp3) is 0.0870. The Morgan fingerprint density at radius 2 is 1.79 bits per heavy atom. The van der Waals surface area contributed by atoms with Crippen LogP contribution in [-0.2, 0) is 12.7 Å². The minimum absolute atomic E-state index is 0.0368. The third-order valence-electron chi connectivity index (χ3n) is 4.74. The van der Waals surface area contributed by atoms with Crippen molar-refractivity contribution in [2.75, 3.05) is 5.32 Å². The Balaban J connectivity index is 1.46. The number of rotatable bonds is 6. The molecule has 7 nitrogen and oxygen atoms in total. The molecule has 2 N–H and O–H groups in total. The zero-order valence-electron chi connectivity index (χ0n) is 17.3. The van der Waals surface area contributed by atoms with E-state index in [1.807, 2.05) is 0 Å². The van der Waals surface area contributed by atoms with Gasteiger partial charge in [0.1, 0.15) is 0 Å². The van der Waals surface area contributed by atoms with Gasteiger partial charge in [0.25, 0.3) is 11.8 Å². The number of carbonyl (C=O) groups is 2. The Kier molecular flexibility index (Phi) is 6.42. The zero-order valence-corrected chi connectivity index (χ0v) is 18.0. The number of hydrogen-bond donors (Lipinski definition) is 2. The van der Waals surface area contributed by atoms with Crippen molar-refractivity contribution in [3.8, 4) is 5.69 Å². The monoisotopic (exact) mass is 488 g/mol. The van der Waals surface area contributed by atoms with Crippen molar-refractivity contribution in [3.63, 3.8) is 0 Å². The number of hydrogen-bond acceptors (Lipinski definition) is 4. The second kappa shape index (κ2) is 9.44. The quantitative estimate of drug-likeness (QED) is 0.384. The number of aromatic nitrogens is 2. The van der Waals surface area contributed by atoms with Crippen molar-refractivity contribution >= 4 is 29.1 Å². The van der Waals surface area contributed by atoms with Gasteiger partial charge in [-0.25, -0.2) is 4.68 Å². The molecule has 34 heavy (non-hydrogen) atoms. The van der Waals surface area contributed by atoms with Gasteiger partial charge in [-0.15, -0.1) is 0 Å². The molecule has 0 radical (unpaired) electrons. The predicted octanol–water partition coefficient (Wildman–Crippen LogP) is 5.32. The van der Waals surface area contributed by atoms with Crippen molar-refractivity contribution in [2.45, 2.75) is 12.7 Å². The summed E-state index contributed by atoms with van der Waals surface area (Å²) in [5.74, 6) is -1.21. The first-order chi connectivity index (χ1) is 16.2. The Labute approximate surface area is 196 Å². The molecule has 0 aliphatic carbocycles. The normalized spacial score (nSPS) is 11.3. The van der Waals surface area contributed by atoms with Crippen LogP contribution < -0.4 is 10.6 Å². The first-order valence-corrected chi connectivity index (χ1v) is 10.2. The van der Waals surface area contributed by atoms with Crippen LogP contribution in [0.2, 0.25) is 5.02 Å². The second-order valence-electron chi connectivity index (χ2n) is 7.11. The smallest absolute Gasteiger partial charge is 0.434 e. The highest BCUT2D eigenvalue weighted by atomic mass is 35.5. The van der Waals surface area contributed by atoms with Gasteiger partial charge in [-0.2, -0.15) is 18.3 Å². The summed E-state index contributed by atoms with van der Waals surface area (Å²) in [6, 6.07) is 15.3. The highest BCUT2D eigenvalue weighted by Crippen LogP contribution is 2.34. The number of nitrogens with zero attached hydrogens (tertiary/aromatic N) is 2. The van der Waals surface area contributed by atoms with Crippen LogP contribution in [0.5, 0.6) is 0 Å². The molecule has 2 aromatic carbocycles. The predicted molar refractivity (Wildman–Crippen MR) is 118 cm³/mol. The molecule has 0 saturated heterocycles. The van der Waals surface area contributed by atoms with Crippen LogP contribution >= 0.6 is 11.6 Å². The summed E-state index contributed by atoms with van der Waals surface area (Å²) in [6.45, 7) is -0.0368. The molecule has 2 amide bonds. The van der Waals surface area contributed by atoms with Crippen LogP contribution in [0.15, 0.2) is 77.5 Å². The molecule has 2 heterocycles. The summed E-state index contributed by atoms with van der Waals surface area (Å²) >= 11 is 5.88. The molecule has 0 atom stereocenters. The van der Waals surface area contributed by atoms with Crippen LogP contribution in [0.1, 0.15) is 32.2 Å². The van der Waals surface area contributed by atoms with Crippen LogP contribution in [0.25, 0.3) is 5.69 Å². The molecule has 0 spiro atoms. The number of anilines is 1. The standard InChI is InChI=1S/C23H16ClF3N4O3/c24-15-3-1-4-17(11-15)31-20(23(25,26)27)18(13-29-31)21(32)28-12-14-6-8-16(9-7-14)30-22(33)19-5-2-10-34-19/h1-11,13H,12H2,(H,28,32)(H,30,33). The van der Waals surface area contributed by atoms with Gasteiger partial charge < -0.3 is 15.1 Å². The summed E-state index contributed by atoms with van der Waals surface area (Å²) in [6.07, 6.45) is -2.59. The van der Waals surface area contributed by atoms with Gasteiger partial charge in [-0.3, -0.25) is 9.59 Å². The lowest BCUT2D eigenvalue weighted by atomic mass is 10.1. The molecule has 0 fully saturated rings. The SMILES string of the molecule is O=C(Nc1ccc(CNC(=O)c2cnn(-c3cccc(Cl)c3)c2C(F)(F)F)cc1)c1ccco1. The number of alkyl halides is 3. The molecule has 2 aromatic heterocycles. The van der Waals surface area contributed by atoms with Gasteiger partial charge >= 0.3 is 6.18 Å². The maximum absolute atomic E-state index is 13.8. The van der Waals surface area contributed by atoms with Gasteiger partial charge in [-0.1, -0.05) is 29.8 Å². The van der Waals surface area contributed by atoms with E-state index in [9.17, 15) is 22.8 Å². The fourth-order valence-corrected chi connectivity index (χ4v) is 3.36. The van der Waals surface area contributed by atoms with E-state index in [4.69, 9.17) is 16.0 Å². The van der Waals surface area contributed by atoms with E-state index in [1.54, 1.807) is 30.3 Å². The lowest BCUT2D eigenvalue weighted by molar-refractivity contribution is -0.143. The first-order valence-electron chi connectivity index (χ1n) is 9.85. The van der Waals surface area contributed by atoms with E-state index >= 15 is 0 Å². The molecule has 11 heteroatoms. The van der Waals surface area contributed by atoms with E-state index in [0.29, 0.717) is 15.9 Å². The Bertz CT molecular complexity index is 1320. The number of carbonyl (C=O) groups excluding carboxylic acids is 2. The van der Waals surface area contributed by atoms with Crippen LogP contribution in [0.3, 0.4) is 0 Å². The van der Waals surface area contributed by atoms with Gasteiger partial charge in [0.2, 0.25) is 0 Å². The Morgan fingerprint density at radius 3 is 2.44 bits per heavy atom. The van der Waals surface area contributed by atoms with Crippen molar-refractivity contribution in [3.05, 3.63) is 101 Å². The van der Waals surface area contributed by atoms with Gasteiger partial charge in [-0.05, 0) is 48.0 Å². The molecule has 0 aliphatic heterocycles. The summed E-state index contributed by atoms with van der Waals surface area (Å²) < 4.78 is 47.0. The second-order valence-corrected chi connectivity index (χ2v) is 7.54. The van der Waals surface area contributed by atoms with Gasteiger partial charge in [0, 0.05) is 17.3 Å². The largest absolute Gasteiger partial charge is 0.459 e. The number of amides is 2. The fourth-order valence-electron chi connectivity index (χ4n) is 3.17. The van der Waals surface area contributed by atoms with Crippen molar-refractivity contribution in [2.24, 2.45) is 0 Å². The molecular formula is C23H16ClF3N4O3. The minimum atomic E-state index is -4.83. The van der Waals surface area contributed by atoms with E-state index in [1.165, 1.54) is 36.6 Å². The van der Waals surface area contributed by atoms with Gasteiger partial charge in [0.05, 0.1) is 23.7 Å². The summed E-state index contributed by atoms with van der Waals surface area (Å²) in [4.78, 5) is 24.6. The topological polar surface area (TPSA) is 89.2 Å². The van der Waals surface area contributed by atoms with E-state index in [-0.39, 0.29) is 23.0 Å². The average molecular weight is 489 g/mol. The number of halogens is 4. The number of benzene rings is 2. The van der Waals surface area contributed by atoms with Crippen molar-refractivity contribution < 1.29 is 27.2 Å². The molecule has 4 rings (SSSR count). The van der Waals surface area contributed by atoms with Crippen molar-refractivity contribution in [1.29, 1.82) is 0 Å². The summed E-state index contributed by atoms with van der Waals surface area (Å²) in [7, 11) is 0. The zero-order chi connectivity index (χ0) is 24.3. The van der Waals surface area contributed by atoms with Crippen LogP contribution in [-0.4, -0.2) is 21.6 Å². The maximum Gasteiger partial charge on any atom is 0.434 e. The Hall–Kier alpha value is -4.05. The molecular weight excluding hydrogens is 473 g/mol. The highest BCUT2D eigenvalue weighted by Gasteiger charge is 2.40. The highest BCUT2D eigenvalue weighted by molar-refractivity contribution is 6.30. The molecule has 0 bridgehead atoms. The molecule has 4 aromatic rings. The lowest BCUT2D eigenvalue weighted by Gasteiger charge is -2.13. The minimum Gasteiger partial charge on any atom is -0.459 e. The van der Waals surface area contributed by atoms with E-state index in [2.05, 4.69) is 15.7 Å². The van der Waals surface area contributed by atoms with Gasteiger partial charge in [0.15, 0.2) is 11.5 Å². The third kappa shape index (κ3) is 5.12. The average Bonchev–Trinajstić information content (AvgIpc) is 3.48. The number of furan rings is 1. The van der Waals surface area contributed by atoms with E-state index < -0.39 is 29.2 Å². The molecule has 174 valence electrons. The lowest BCUT2D eigenvalue weighted by Crippen LogP contribution is -2.26. The first kappa shape index (κ1) is 23.1. The van der Waals surface area contributed by atoms with Crippen molar-refractivity contribution in [1.82, 2.24) is 15.1 Å². The summed E-state index contributed by atoms with van der Waals surface area (Å²) in [5.41, 5.74) is -0.650. The van der Waals surface area contributed by atoms with E-state index in [0.717, 1.165) is 6.20 Å². The molecule has 0 saturated carbocycles. The Morgan fingerprint density at radius 1 is 1.03 bits per heavy atom. The van der Waals surface area contributed by atoms with Crippen LogP contribution in [0, 0.1) is 0 Å². The third-order valence-corrected chi connectivity index (χ3v) is 4.98. The maximum atomic E-state index is 13.8. The molecule has 0 aliphatic rings. The van der Waals surface area contributed by atoms with Crippen LogP contribution in [0.4, 0.5) is 18.9 Å².